The molecule has 1 heterocycles. The third kappa shape index (κ3) is 4.59. The highest BCUT2D eigenvalue weighted by Crippen LogP contribution is 2.39. The van der Waals surface area contributed by atoms with Crippen LogP contribution >= 0.6 is 0 Å². The van der Waals surface area contributed by atoms with E-state index in [4.69, 9.17) is 9.47 Å². The highest BCUT2D eigenvalue weighted by molar-refractivity contribution is 5.91. The molecule has 0 radical (unpaired) electrons. The lowest BCUT2D eigenvalue weighted by Gasteiger charge is -2.37. The van der Waals surface area contributed by atoms with Gasteiger partial charge >= 0.3 is 12.2 Å². The Morgan fingerprint density at radius 2 is 1.78 bits per heavy atom. The average molecular weight is 433 g/mol. The number of fused-ring (bicyclic) bond motifs is 1. The van der Waals surface area contributed by atoms with Crippen molar-refractivity contribution in [2.75, 3.05) is 16.9 Å². The van der Waals surface area contributed by atoms with Gasteiger partial charge in [-0.2, -0.15) is 5.01 Å². The number of carbonyl (C=O) groups is 2. The number of anilines is 2. The number of carboxylic acid groups (broad SMARTS) is 1. The van der Waals surface area contributed by atoms with Gasteiger partial charge in [0.2, 0.25) is 0 Å². The minimum atomic E-state index is -1.39. The van der Waals surface area contributed by atoms with E-state index in [1.165, 1.54) is 0 Å². The number of nitrogens with zero attached hydrogens (tertiary/aromatic N) is 1. The molecule has 2 amide bonds. The number of amides is 2. The molecule has 1 unspecified atom stereocenters. The van der Waals surface area contributed by atoms with E-state index in [0.29, 0.717) is 12.4 Å². The van der Waals surface area contributed by atoms with E-state index >= 15 is 0 Å². The van der Waals surface area contributed by atoms with Gasteiger partial charge in [-0.05, 0) is 30.2 Å². The smallest absolute Gasteiger partial charge is 0.433 e. The van der Waals surface area contributed by atoms with Crippen LogP contribution in [0.3, 0.4) is 0 Å². The van der Waals surface area contributed by atoms with E-state index in [0.717, 1.165) is 21.8 Å². The molecule has 3 N–H and O–H groups in total. The largest absolute Gasteiger partial charge is 0.489 e. The Kier molecular flexibility index (Phi) is 5.85. The highest BCUT2D eigenvalue weighted by atomic mass is 16.6. The molecule has 0 fully saturated rings. The second-order valence-electron chi connectivity index (χ2n) is 7.58. The molecule has 3 aromatic carbocycles. The van der Waals surface area contributed by atoms with Gasteiger partial charge in [0.1, 0.15) is 19.0 Å². The first-order chi connectivity index (χ1) is 15.4. The van der Waals surface area contributed by atoms with E-state index in [1.807, 2.05) is 67.6 Å². The molecule has 0 aliphatic carbocycles. The molecule has 8 heteroatoms. The lowest BCUT2D eigenvalue weighted by Crippen LogP contribution is -2.46. The maximum absolute atomic E-state index is 12.6. The van der Waals surface area contributed by atoms with Gasteiger partial charge in [0.15, 0.2) is 0 Å². The van der Waals surface area contributed by atoms with Crippen LogP contribution in [0.1, 0.15) is 18.1 Å². The van der Waals surface area contributed by atoms with Crippen LogP contribution < -0.4 is 20.5 Å². The maximum Gasteiger partial charge on any atom is 0.433 e. The summed E-state index contributed by atoms with van der Waals surface area (Å²) < 4.78 is 11.3. The SMILES string of the molecule is CC1(c2ccccc2)COc2cc(N(NC(=O)O)C(=O)OCc3ccccc3)ccc2N1. The number of hydrogen-bond donors (Lipinski definition) is 3. The zero-order chi connectivity index (χ0) is 22.6. The molecule has 32 heavy (non-hydrogen) atoms. The van der Waals surface area contributed by atoms with Gasteiger partial charge in [-0.25, -0.2) is 15.0 Å². The van der Waals surface area contributed by atoms with Crippen molar-refractivity contribution in [2.24, 2.45) is 0 Å². The molecular weight excluding hydrogens is 410 g/mol. The lowest BCUT2D eigenvalue weighted by atomic mass is 9.91. The van der Waals surface area contributed by atoms with Gasteiger partial charge in [0, 0.05) is 6.07 Å². The number of nitrogens with one attached hydrogen (secondary N) is 2. The number of benzene rings is 3. The molecule has 0 aromatic heterocycles. The minimum absolute atomic E-state index is 0.00982. The van der Waals surface area contributed by atoms with E-state index in [-0.39, 0.29) is 12.3 Å². The quantitative estimate of drug-likeness (QED) is 0.514. The summed E-state index contributed by atoms with van der Waals surface area (Å²) in [5, 5.41) is 13.5. The second kappa shape index (κ2) is 8.89. The fourth-order valence-corrected chi connectivity index (χ4v) is 3.48. The van der Waals surface area contributed by atoms with Gasteiger partial charge in [-0.15, -0.1) is 0 Å². The molecular formula is C24H23N3O5. The summed E-state index contributed by atoms with van der Waals surface area (Å²) in [7, 11) is 0. The molecule has 0 bridgehead atoms. The van der Waals surface area contributed by atoms with Crippen molar-refractivity contribution in [3.63, 3.8) is 0 Å². The van der Waals surface area contributed by atoms with Crippen molar-refractivity contribution in [1.82, 2.24) is 5.43 Å². The predicted octanol–water partition coefficient (Wildman–Crippen LogP) is 4.73. The van der Waals surface area contributed by atoms with E-state index in [9.17, 15) is 14.7 Å². The van der Waals surface area contributed by atoms with Crippen LogP contribution in [-0.4, -0.2) is 23.9 Å². The van der Waals surface area contributed by atoms with Gasteiger partial charge in [0.25, 0.3) is 0 Å². The second-order valence-corrected chi connectivity index (χ2v) is 7.58. The van der Waals surface area contributed by atoms with Crippen molar-refractivity contribution in [1.29, 1.82) is 0 Å². The van der Waals surface area contributed by atoms with Crippen LogP contribution in [0.2, 0.25) is 0 Å². The summed E-state index contributed by atoms with van der Waals surface area (Å²) in [5.74, 6) is 0.504. The Labute approximate surface area is 185 Å². The molecule has 1 aliphatic heterocycles. The zero-order valence-corrected chi connectivity index (χ0v) is 17.4. The normalized spacial score (nSPS) is 16.7. The zero-order valence-electron chi connectivity index (χ0n) is 17.4. The Balaban J connectivity index is 1.53. The minimum Gasteiger partial charge on any atom is -0.489 e. The van der Waals surface area contributed by atoms with Crippen molar-refractivity contribution < 1.29 is 24.2 Å². The standard InChI is InChI=1S/C24H23N3O5/c1-24(18-10-6-3-7-11-18)16-32-21-14-19(12-13-20(21)25-24)27(26-22(28)29)23(30)31-15-17-8-4-2-5-9-17/h2-14,25-26H,15-16H2,1H3,(H,28,29). The Bertz CT molecular complexity index is 1110. The number of ether oxygens (including phenoxy) is 2. The average Bonchev–Trinajstić information content (AvgIpc) is 2.82. The Hall–Kier alpha value is -4.20. The fraction of sp³-hybridized carbons (Fsp3) is 0.167. The molecule has 1 aliphatic rings. The van der Waals surface area contributed by atoms with Crippen molar-refractivity contribution >= 4 is 23.6 Å². The fourth-order valence-electron chi connectivity index (χ4n) is 3.48. The molecule has 0 saturated heterocycles. The first kappa shape index (κ1) is 21.0. The highest BCUT2D eigenvalue weighted by Gasteiger charge is 2.33. The van der Waals surface area contributed by atoms with Crippen molar-refractivity contribution in [3.05, 3.63) is 90.0 Å². The van der Waals surface area contributed by atoms with Crippen LogP contribution in [0, 0.1) is 0 Å². The van der Waals surface area contributed by atoms with Crippen LogP contribution in [0.15, 0.2) is 78.9 Å². The summed E-state index contributed by atoms with van der Waals surface area (Å²) in [6, 6.07) is 24.0. The van der Waals surface area contributed by atoms with Crippen LogP contribution in [0.5, 0.6) is 5.75 Å². The Morgan fingerprint density at radius 3 is 2.47 bits per heavy atom. The maximum atomic E-state index is 12.6. The molecule has 1 atom stereocenters. The predicted molar refractivity (Wildman–Crippen MR) is 120 cm³/mol. The van der Waals surface area contributed by atoms with Crippen molar-refractivity contribution in [2.45, 2.75) is 19.1 Å². The summed E-state index contributed by atoms with van der Waals surface area (Å²) in [6.45, 7) is 2.41. The number of rotatable bonds is 4. The molecule has 0 spiro atoms. The summed E-state index contributed by atoms with van der Waals surface area (Å²) in [4.78, 5) is 23.9. The monoisotopic (exact) mass is 433 g/mol. The van der Waals surface area contributed by atoms with Gasteiger partial charge in [-0.1, -0.05) is 60.7 Å². The van der Waals surface area contributed by atoms with E-state index in [1.54, 1.807) is 18.2 Å². The topological polar surface area (TPSA) is 100 Å². The molecule has 0 saturated carbocycles. The van der Waals surface area contributed by atoms with Gasteiger partial charge in [0.05, 0.1) is 16.9 Å². The summed E-state index contributed by atoms with van der Waals surface area (Å²) in [6.07, 6.45) is -2.25. The summed E-state index contributed by atoms with van der Waals surface area (Å²) >= 11 is 0. The third-order valence-electron chi connectivity index (χ3n) is 5.16. The molecule has 164 valence electrons. The third-order valence-corrected chi connectivity index (χ3v) is 5.16. The molecule has 4 rings (SSSR count). The Morgan fingerprint density at radius 1 is 1.09 bits per heavy atom. The lowest BCUT2D eigenvalue weighted by molar-refractivity contribution is 0.141. The van der Waals surface area contributed by atoms with Gasteiger partial charge < -0.3 is 19.9 Å². The van der Waals surface area contributed by atoms with Crippen LogP contribution in [0.25, 0.3) is 0 Å². The van der Waals surface area contributed by atoms with E-state index < -0.39 is 17.7 Å². The first-order valence-corrected chi connectivity index (χ1v) is 10.1. The number of hydrazine groups is 1. The van der Waals surface area contributed by atoms with Crippen molar-refractivity contribution in [3.8, 4) is 5.75 Å². The number of carbonyl (C=O) groups excluding carboxylic acids is 1. The van der Waals surface area contributed by atoms with E-state index in [2.05, 4.69) is 10.7 Å². The molecule has 3 aromatic rings. The molecule has 8 nitrogen and oxygen atoms in total. The van der Waals surface area contributed by atoms with Gasteiger partial charge in [-0.3, -0.25) is 0 Å². The summed E-state index contributed by atoms with van der Waals surface area (Å²) in [5.41, 5.74) is 4.52. The first-order valence-electron chi connectivity index (χ1n) is 10.1. The van der Waals surface area contributed by atoms with Crippen LogP contribution in [0.4, 0.5) is 21.0 Å². The van der Waals surface area contributed by atoms with Crippen LogP contribution in [-0.2, 0) is 16.9 Å². The number of hydrogen-bond acceptors (Lipinski definition) is 5.